The van der Waals surface area contributed by atoms with Crippen LogP contribution in [0.2, 0.25) is 0 Å². The van der Waals surface area contributed by atoms with Crippen molar-refractivity contribution in [2.45, 2.75) is 13.8 Å². The van der Waals surface area contributed by atoms with Crippen molar-refractivity contribution < 1.29 is 9.53 Å². The van der Waals surface area contributed by atoms with Crippen LogP contribution in [-0.4, -0.2) is 24.5 Å². The molecule has 15 heavy (non-hydrogen) atoms. The monoisotopic (exact) mass is 208 g/mol. The molecule has 1 aromatic rings. The number of carbonyl (C=O) groups is 1. The van der Waals surface area contributed by atoms with Crippen LogP contribution in [0.1, 0.15) is 24.3 Å². The fraction of sp³-hybridized carbons (Fsp3) is 0.455. The molecule has 0 aliphatic rings. The highest BCUT2D eigenvalue weighted by Gasteiger charge is 2.07. The summed E-state index contributed by atoms with van der Waals surface area (Å²) in [6.07, 6.45) is 0. The van der Waals surface area contributed by atoms with E-state index in [0.29, 0.717) is 24.0 Å². The Morgan fingerprint density at radius 1 is 1.53 bits per heavy atom. The Kier molecular flexibility index (Phi) is 4.09. The number of methoxy groups -OCH3 is 1. The van der Waals surface area contributed by atoms with Gasteiger partial charge in [0.15, 0.2) is 0 Å². The first-order valence-corrected chi connectivity index (χ1v) is 4.92. The summed E-state index contributed by atoms with van der Waals surface area (Å²) in [7, 11) is 1.53. The maximum Gasteiger partial charge on any atom is 0.270 e. The van der Waals surface area contributed by atoms with E-state index in [9.17, 15) is 4.79 Å². The van der Waals surface area contributed by atoms with Gasteiger partial charge in [0.05, 0.1) is 7.11 Å². The molecule has 0 spiro atoms. The fourth-order valence-corrected chi connectivity index (χ4v) is 1.04. The minimum absolute atomic E-state index is 0.164. The zero-order chi connectivity index (χ0) is 11.3. The summed E-state index contributed by atoms with van der Waals surface area (Å²) in [5, 5.41) is 2.79. The second kappa shape index (κ2) is 5.34. The largest absolute Gasteiger partial charge is 0.481 e. The molecular weight excluding hydrogens is 192 g/mol. The first-order chi connectivity index (χ1) is 7.13. The molecule has 0 fully saturated rings. The Bertz CT molecular complexity index is 337. The van der Waals surface area contributed by atoms with Crippen LogP contribution in [0, 0.1) is 5.92 Å². The lowest BCUT2D eigenvalue weighted by molar-refractivity contribution is 0.0943. The van der Waals surface area contributed by atoms with Crippen LogP contribution >= 0.6 is 0 Å². The average molecular weight is 208 g/mol. The van der Waals surface area contributed by atoms with E-state index >= 15 is 0 Å². The van der Waals surface area contributed by atoms with Crippen LogP contribution in [0.3, 0.4) is 0 Å². The molecule has 0 bridgehead atoms. The number of nitrogens with zero attached hydrogens (tertiary/aromatic N) is 1. The number of ether oxygens (including phenoxy) is 1. The highest BCUT2D eigenvalue weighted by atomic mass is 16.5. The number of carbonyl (C=O) groups excluding carboxylic acids is 1. The Morgan fingerprint density at radius 3 is 2.87 bits per heavy atom. The van der Waals surface area contributed by atoms with Crippen molar-refractivity contribution in [2.24, 2.45) is 5.92 Å². The van der Waals surface area contributed by atoms with Crippen LogP contribution in [0.15, 0.2) is 18.2 Å². The number of nitrogens with one attached hydrogen (secondary N) is 1. The highest BCUT2D eigenvalue weighted by molar-refractivity contribution is 5.92. The molecule has 4 nitrogen and oxygen atoms in total. The zero-order valence-electron chi connectivity index (χ0n) is 9.28. The predicted octanol–water partition coefficient (Wildman–Crippen LogP) is 1.48. The molecular formula is C11H16N2O2. The summed E-state index contributed by atoms with van der Waals surface area (Å²) < 4.78 is 4.94. The van der Waals surface area contributed by atoms with Gasteiger partial charge in [0.1, 0.15) is 5.69 Å². The Balaban J connectivity index is 2.65. The van der Waals surface area contributed by atoms with Gasteiger partial charge in [-0.15, -0.1) is 0 Å². The third kappa shape index (κ3) is 3.58. The van der Waals surface area contributed by atoms with Gasteiger partial charge < -0.3 is 10.1 Å². The Hall–Kier alpha value is -1.58. The van der Waals surface area contributed by atoms with Crippen molar-refractivity contribution in [3.63, 3.8) is 0 Å². The molecule has 0 saturated heterocycles. The normalized spacial score (nSPS) is 10.1. The first-order valence-electron chi connectivity index (χ1n) is 4.92. The van der Waals surface area contributed by atoms with Crippen molar-refractivity contribution >= 4 is 5.91 Å². The Morgan fingerprint density at radius 2 is 2.27 bits per heavy atom. The molecule has 1 heterocycles. The van der Waals surface area contributed by atoms with E-state index in [0.717, 1.165) is 0 Å². The molecule has 0 radical (unpaired) electrons. The van der Waals surface area contributed by atoms with Gasteiger partial charge in [-0.1, -0.05) is 19.9 Å². The highest BCUT2D eigenvalue weighted by Crippen LogP contribution is 2.06. The van der Waals surface area contributed by atoms with E-state index in [-0.39, 0.29) is 5.91 Å². The average Bonchev–Trinajstić information content (AvgIpc) is 2.26. The molecule has 0 unspecified atom stereocenters. The number of pyridine rings is 1. The molecule has 0 aliphatic carbocycles. The smallest absolute Gasteiger partial charge is 0.270 e. The fourth-order valence-electron chi connectivity index (χ4n) is 1.04. The SMILES string of the molecule is COc1cccc(C(=O)NCC(C)C)n1. The van der Waals surface area contributed by atoms with Crippen molar-refractivity contribution in [3.8, 4) is 5.88 Å². The third-order valence-corrected chi connectivity index (χ3v) is 1.84. The van der Waals surface area contributed by atoms with Gasteiger partial charge in [0.25, 0.3) is 5.91 Å². The maximum atomic E-state index is 11.6. The van der Waals surface area contributed by atoms with Crippen molar-refractivity contribution in [1.82, 2.24) is 10.3 Å². The van der Waals surface area contributed by atoms with E-state index in [1.165, 1.54) is 7.11 Å². The van der Waals surface area contributed by atoms with Crippen LogP contribution in [0.4, 0.5) is 0 Å². The molecule has 4 heteroatoms. The first kappa shape index (κ1) is 11.5. The van der Waals surface area contributed by atoms with Gasteiger partial charge in [0.2, 0.25) is 5.88 Å². The number of hydrogen-bond acceptors (Lipinski definition) is 3. The summed E-state index contributed by atoms with van der Waals surface area (Å²) >= 11 is 0. The van der Waals surface area contributed by atoms with Crippen LogP contribution in [0.5, 0.6) is 5.88 Å². The van der Waals surface area contributed by atoms with E-state index in [1.807, 2.05) is 13.8 Å². The van der Waals surface area contributed by atoms with E-state index < -0.39 is 0 Å². The topological polar surface area (TPSA) is 51.2 Å². The molecule has 0 aliphatic heterocycles. The van der Waals surface area contributed by atoms with Gasteiger partial charge in [-0.25, -0.2) is 4.98 Å². The van der Waals surface area contributed by atoms with E-state index in [1.54, 1.807) is 18.2 Å². The van der Waals surface area contributed by atoms with Gasteiger partial charge in [-0.2, -0.15) is 0 Å². The van der Waals surface area contributed by atoms with Crippen molar-refractivity contribution in [1.29, 1.82) is 0 Å². The number of aromatic nitrogens is 1. The molecule has 1 N–H and O–H groups in total. The lowest BCUT2D eigenvalue weighted by Gasteiger charge is -2.07. The number of rotatable bonds is 4. The number of hydrogen-bond donors (Lipinski definition) is 1. The van der Waals surface area contributed by atoms with Crippen LogP contribution in [-0.2, 0) is 0 Å². The summed E-state index contributed by atoms with van der Waals surface area (Å²) in [5.74, 6) is 0.717. The van der Waals surface area contributed by atoms with E-state index in [2.05, 4.69) is 10.3 Å². The van der Waals surface area contributed by atoms with Crippen molar-refractivity contribution in [3.05, 3.63) is 23.9 Å². The minimum Gasteiger partial charge on any atom is -0.481 e. The molecule has 1 amide bonds. The third-order valence-electron chi connectivity index (χ3n) is 1.84. The summed E-state index contributed by atoms with van der Waals surface area (Å²) in [6, 6.07) is 5.12. The summed E-state index contributed by atoms with van der Waals surface area (Å²) in [4.78, 5) is 15.6. The van der Waals surface area contributed by atoms with Crippen LogP contribution in [0.25, 0.3) is 0 Å². The van der Waals surface area contributed by atoms with Gasteiger partial charge in [-0.05, 0) is 12.0 Å². The second-order valence-corrected chi connectivity index (χ2v) is 3.67. The zero-order valence-corrected chi connectivity index (χ0v) is 9.28. The maximum absolute atomic E-state index is 11.6. The molecule has 0 aromatic carbocycles. The van der Waals surface area contributed by atoms with Gasteiger partial charge in [0, 0.05) is 12.6 Å². The van der Waals surface area contributed by atoms with Crippen molar-refractivity contribution in [2.75, 3.05) is 13.7 Å². The standard InChI is InChI=1S/C11H16N2O2/c1-8(2)7-12-11(14)9-5-4-6-10(13-9)15-3/h4-6,8H,7H2,1-3H3,(H,12,14). The molecule has 1 rings (SSSR count). The molecule has 0 saturated carbocycles. The molecule has 82 valence electrons. The molecule has 0 atom stereocenters. The number of amides is 1. The molecule has 1 aromatic heterocycles. The van der Waals surface area contributed by atoms with E-state index in [4.69, 9.17) is 4.74 Å². The minimum atomic E-state index is -0.164. The van der Waals surface area contributed by atoms with Gasteiger partial charge in [-0.3, -0.25) is 4.79 Å². The summed E-state index contributed by atoms with van der Waals surface area (Å²) in [5.41, 5.74) is 0.384. The lowest BCUT2D eigenvalue weighted by Crippen LogP contribution is -2.28. The van der Waals surface area contributed by atoms with Gasteiger partial charge >= 0.3 is 0 Å². The van der Waals surface area contributed by atoms with Crippen LogP contribution < -0.4 is 10.1 Å². The summed E-state index contributed by atoms with van der Waals surface area (Å²) in [6.45, 7) is 4.73. The quantitative estimate of drug-likeness (QED) is 0.815. The second-order valence-electron chi connectivity index (χ2n) is 3.67. The lowest BCUT2D eigenvalue weighted by atomic mass is 10.2. The Labute approximate surface area is 89.7 Å². The predicted molar refractivity (Wildman–Crippen MR) is 58.0 cm³/mol.